The number of pyridine rings is 2. The zero-order valence-electron chi connectivity index (χ0n) is 16.9. The summed E-state index contributed by atoms with van der Waals surface area (Å²) in [5.74, 6) is 0.942. The van der Waals surface area contributed by atoms with E-state index >= 15 is 0 Å². The van der Waals surface area contributed by atoms with E-state index in [4.69, 9.17) is 0 Å². The van der Waals surface area contributed by atoms with Crippen LogP contribution in [0.2, 0.25) is 0 Å². The number of carbonyl (C=O) groups excluding carboxylic acids is 1. The smallest absolute Gasteiger partial charge is 0.317 e. The predicted octanol–water partition coefficient (Wildman–Crippen LogP) is 3.28. The van der Waals surface area contributed by atoms with Gasteiger partial charge in [-0.05, 0) is 56.0 Å². The van der Waals surface area contributed by atoms with E-state index < -0.39 is 0 Å². The zero-order valence-corrected chi connectivity index (χ0v) is 16.9. The molecule has 28 heavy (non-hydrogen) atoms. The Morgan fingerprint density at radius 1 is 1.18 bits per heavy atom. The number of urea groups is 1. The second-order valence-electron chi connectivity index (χ2n) is 7.51. The molecule has 1 aliphatic heterocycles. The number of rotatable bonds is 5. The van der Waals surface area contributed by atoms with E-state index in [0.717, 1.165) is 49.4 Å². The summed E-state index contributed by atoms with van der Waals surface area (Å²) in [6.07, 6.45) is 8.32. The van der Waals surface area contributed by atoms with Crippen LogP contribution < -0.4 is 15.5 Å². The third kappa shape index (κ3) is 5.34. The number of carbonyl (C=O) groups is 1. The molecule has 0 bridgehead atoms. The molecule has 3 rings (SSSR count). The number of amides is 2. The molecule has 2 amide bonds. The highest BCUT2D eigenvalue weighted by atomic mass is 16.2. The van der Waals surface area contributed by atoms with Gasteiger partial charge in [-0.2, -0.15) is 0 Å². The minimum atomic E-state index is -0.0334. The molecule has 0 aromatic carbocycles. The van der Waals surface area contributed by atoms with Crippen molar-refractivity contribution in [3.63, 3.8) is 0 Å². The highest BCUT2D eigenvalue weighted by Crippen LogP contribution is 2.19. The molecule has 7 nitrogen and oxygen atoms in total. The molecule has 2 aromatic heterocycles. The quantitative estimate of drug-likeness (QED) is 0.830. The molecule has 1 aliphatic rings. The maximum atomic E-state index is 12.7. The van der Waals surface area contributed by atoms with Gasteiger partial charge in [0.2, 0.25) is 0 Å². The molecule has 0 aliphatic carbocycles. The number of hydrogen-bond acceptors (Lipinski definition) is 5. The number of anilines is 2. The first-order valence-corrected chi connectivity index (χ1v) is 9.88. The lowest BCUT2D eigenvalue weighted by Crippen LogP contribution is -2.41. The fourth-order valence-electron chi connectivity index (χ4n) is 3.43. The Balaban J connectivity index is 1.50. The van der Waals surface area contributed by atoms with Gasteiger partial charge in [-0.15, -0.1) is 0 Å². The summed E-state index contributed by atoms with van der Waals surface area (Å²) in [5, 5.41) is 6.67. The average molecular weight is 383 g/mol. The van der Waals surface area contributed by atoms with Crippen LogP contribution in [0.15, 0.2) is 42.9 Å². The first-order valence-electron chi connectivity index (χ1n) is 9.88. The van der Waals surface area contributed by atoms with Crippen LogP contribution in [0.25, 0.3) is 0 Å². The van der Waals surface area contributed by atoms with Crippen LogP contribution >= 0.6 is 0 Å². The average Bonchev–Trinajstić information content (AvgIpc) is 2.94. The van der Waals surface area contributed by atoms with Crippen molar-refractivity contribution in [2.24, 2.45) is 0 Å². The molecule has 0 radical (unpaired) electrons. The lowest BCUT2D eigenvalue weighted by atomic mass is 10.1. The van der Waals surface area contributed by atoms with Gasteiger partial charge in [0.25, 0.3) is 0 Å². The van der Waals surface area contributed by atoms with Crippen molar-refractivity contribution in [2.45, 2.75) is 38.3 Å². The lowest BCUT2D eigenvalue weighted by molar-refractivity contribution is 0.196. The van der Waals surface area contributed by atoms with Crippen LogP contribution in [-0.2, 0) is 0 Å². The highest BCUT2D eigenvalue weighted by Gasteiger charge is 2.22. The maximum absolute atomic E-state index is 12.7. The largest absolute Gasteiger partial charge is 0.381 e. The number of nitrogens with zero attached hydrogens (tertiary/aromatic N) is 4. The Labute approximate surface area is 167 Å². The lowest BCUT2D eigenvalue weighted by Gasteiger charge is -2.24. The minimum absolute atomic E-state index is 0.00182. The molecular weight excluding hydrogens is 352 g/mol. The standard InChI is InChI=1S/C21H30N6O/c1-16(17-8-11-22-12-9-17)24-21(28)27-13-4-5-18(10-14-27)25-19-6-7-20(23-15-19)26(2)3/h6-9,11-12,15-16,18,25H,4-5,10,13-14H2,1-3H3,(H,24,28)/t16-,18+/m1/s1. The van der Waals surface area contributed by atoms with Crippen LogP contribution in [-0.4, -0.2) is 54.1 Å². The Morgan fingerprint density at radius 2 is 1.96 bits per heavy atom. The van der Waals surface area contributed by atoms with Crippen molar-refractivity contribution >= 4 is 17.5 Å². The van der Waals surface area contributed by atoms with Gasteiger partial charge in [0.1, 0.15) is 5.82 Å². The molecule has 3 heterocycles. The Morgan fingerprint density at radius 3 is 2.64 bits per heavy atom. The molecule has 2 N–H and O–H groups in total. The number of hydrogen-bond donors (Lipinski definition) is 2. The number of aromatic nitrogens is 2. The van der Waals surface area contributed by atoms with Gasteiger partial charge in [0.15, 0.2) is 0 Å². The molecule has 0 saturated carbocycles. The van der Waals surface area contributed by atoms with Crippen LogP contribution in [0, 0.1) is 0 Å². The van der Waals surface area contributed by atoms with E-state index in [9.17, 15) is 4.79 Å². The highest BCUT2D eigenvalue weighted by molar-refractivity contribution is 5.74. The van der Waals surface area contributed by atoms with Crippen LogP contribution in [0.4, 0.5) is 16.3 Å². The minimum Gasteiger partial charge on any atom is -0.381 e. The fourth-order valence-corrected chi connectivity index (χ4v) is 3.43. The van der Waals surface area contributed by atoms with E-state index in [-0.39, 0.29) is 12.1 Å². The van der Waals surface area contributed by atoms with Crippen molar-refractivity contribution in [2.75, 3.05) is 37.4 Å². The topological polar surface area (TPSA) is 73.4 Å². The molecule has 2 aromatic rings. The molecule has 0 spiro atoms. The zero-order chi connectivity index (χ0) is 19.9. The summed E-state index contributed by atoms with van der Waals surface area (Å²) in [5.41, 5.74) is 2.09. The van der Waals surface area contributed by atoms with Gasteiger partial charge in [0.05, 0.1) is 17.9 Å². The first kappa shape index (κ1) is 19.9. The van der Waals surface area contributed by atoms with Crippen LogP contribution in [0.1, 0.15) is 37.8 Å². The fraction of sp³-hybridized carbons (Fsp3) is 0.476. The monoisotopic (exact) mass is 382 g/mol. The van der Waals surface area contributed by atoms with E-state index in [1.165, 1.54) is 0 Å². The van der Waals surface area contributed by atoms with Crippen molar-refractivity contribution in [3.05, 3.63) is 48.4 Å². The van der Waals surface area contributed by atoms with Gasteiger partial charge < -0.3 is 20.4 Å². The molecule has 2 atom stereocenters. The third-order valence-corrected chi connectivity index (χ3v) is 5.14. The van der Waals surface area contributed by atoms with Gasteiger partial charge in [-0.1, -0.05) is 0 Å². The predicted molar refractivity (Wildman–Crippen MR) is 113 cm³/mol. The molecule has 0 unspecified atom stereocenters. The van der Waals surface area contributed by atoms with Gasteiger partial charge in [0, 0.05) is 45.6 Å². The van der Waals surface area contributed by atoms with E-state index in [0.29, 0.717) is 6.04 Å². The van der Waals surface area contributed by atoms with Crippen molar-refractivity contribution < 1.29 is 4.79 Å². The van der Waals surface area contributed by atoms with Crippen molar-refractivity contribution in [3.8, 4) is 0 Å². The number of likely N-dealkylation sites (tertiary alicyclic amines) is 1. The van der Waals surface area contributed by atoms with E-state index in [2.05, 4.69) is 26.7 Å². The molecular formula is C21H30N6O. The third-order valence-electron chi connectivity index (χ3n) is 5.14. The summed E-state index contributed by atoms with van der Waals surface area (Å²) in [7, 11) is 3.96. The molecule has 1 fully saturated rings. The Kier molecular flexibility index (Phi) is 6.68. The summed E-state index contributed by atoms with van der Waals surface area (Å²) < 4.78 is 0. The summed E-state index contributed by atoms with van der Waals surface area (Å²) in [6, 6.07) is 8.26. The van der Waals surface area contributed by atoms with Crippen LogP contribution in [0.5, 0.6) is 0 Å². The Bertz CT molecular complexity index is 749. The maximum Gasteiger partial charge on any atom is 0.317 e. The van der Waals surface area contributed by atoms with Crippen molar-refractivity contribution in [1.82, 2.24) is 20.2 Å². The second-order valence-corrected chi connectivity index (χ2v) is 7.51. The van der Waals surface area contributed by atoms with Crippen molar-refractivity contribution in [1.29, 1.82) is 0 Å². The SMILES string of the molecule is C[C@@H](NC(=O)N1CCC[C@H](Nc2ccc(N(C)C)nc2)CC1)c1ccncc1. The van der Waals surface area contributed by atoms with E-state index in [1.807, 2.05) is 55.2 Å². The summed E-state index contributed by atoms with van der Waals surface area (Å²) in [4.78, 5) is 25.1. The van der Waals surface area contributed by atoms with E-state index in [1.54, 1.807) is 12.4 Å². The molecule has 150 valence electrons. The van der Waals surface area contributed by atoms with Crippen LogP contribution in [0.3, 0.4) is 0 Å². The van der Waals surface area contributed by atoms with Gasteiger partial charge in [-0.25, -0.2) is 9.78 Å². The second kappa shape index (κ2) is 9.39. The van der Waals surface area contributed by atoms with Gasteiger partial charge in [-0.3, -0.25) is 4.98 Å². The Hall–Kier alpha value is -2.83. The number of nitrogens with one attached hydrogen (secondary N) is 2. The summed E-state index contributed by atoms with van der Waals surface area (Å²) in [6.45, 7) is 3.53. The van der Waals surface area contributed by atoms with Gasteiger partial charge >= 0.3 is 6.03 Å². The first-order chi connectivity index (χ1) is 13.5. The molecule has 1 saturated heterocycles. The molecule has 7 heteroatoms. The summed E-state index contributed by atoms with van der Waals surface area (Å²) >= 11 is 0. The normalized spacial score (nSPS) is 18.1.